The fourth-order valence-corrected chi connectivity index (χ4v) is 2.40. The normalized spacial score (nSPS) is 15.1. The molecule has 3 rings (SSSR count). The van der Waals surface area contributed by atoms with Gasteiger partial charge in [0.25, 0.3) is 0 Å². The van der Waals surface area contributed by atoms with E-state index in [1.807, 2.05) is 18.2 Å². The van der Waals surface area contributed by atoms with Crippen molar-refractivity contribution in [2.75, 3.05) is 7.11 Å². The molecule has 1 aliphatic rings. The molecule has 0 unspecified atom stereocenters. The third-order valence-electron chi connectivity index (χ3n) is 3.33. The van der Waals surface area contributed by atoms with Gasteiger partial charge < -0.3 is 14.2 Å². The number of fused-ring (bicyclic) bond motifs is 4. The standard InChI is InChI=1S/C17H18O3/c1-18-17-7-15-6-16(8-17)12-20-10-14-4-2-3-13(5-14)9-19-11-15/h2-8H,9-12H2,1H3. The van der Waals surface area contributed by atoms with Crippen molar-refractivity contribution in [1.82, 2.24) is 0 Å². The van der Waals surface area contributed by atoms with E-state index in [0.717, 1.165) is 16.9 Å². The Kier molecular flexibility index (Phi) is 4.00. The van der Waals surface area contributed by atoms with Crippen LogP contribution >= 0.6 is 0 Å². The fraction of sp³-hybridized carbons (Fsp3) is 0.294. The third kappa shape index (κ3) is 3.18. The average Bonchev–Trinajstić information content (AvgIpc) is 2.47. The SMILES string of the molecule is COc1cc2cc(c1)COCc1cccc(c1)COC2. The summed E-state index contributed by atoms with van der Waals surface area (Å²) in [6.45, 7) is 2.38. The van der Waals surface area contributed by atoms with Crippen molar-refractivity contribution in [3.63, 3.8) is 0 Å². The summed E-state index contributed by atoms with van der Waals surface area (Å²) in [5.74, 6) is 0.847. The van der Waals surface area contributed by atoms with Crippen LogP contribution in [0.2, 0.25) is 0 Å². The van der Waals surface area contributed by atoms with Crippen LogP contribution in [0.25, 0.3) is 0 Å². The Balaban J connectivity index is 1.86. The second-order valence-electron chi connectivity index (χ2n) is 4.99. The highest BCUT2D eigenvalue weighted by atomic mass is 16.5. The predicted molar refractivity (Wildman–Crippen MR) is 76.4 cm³/mol. The van der Waals surface area contributed by atoms with Crippen molar-refractivity contribution in [2.24, 2.45) is 0 Å². The molecule has 0 radical (unpaired) electrons. The molecule has 2 aromatic rings. The zero-order chi connectivity index (χ0) is 13.8. The van der Waals surface area contributed by atoms with Crippen LogP contribution in [0.4, 0.5) is 0 Å². The molecule has 4 bridgehead atoms. The van der Waals surface area contributed by atoms with Gasteiger partial charge in [-0.3, -0.25) is 0 Å². The van der Waals surface area contributed by atoms with Crippen LogP contribution < -0.4 is 4.74 Å². The van der Waals surface area contributed by atoms with E-state index in [4.69, 9.17) is 14.2 Å². The van der Waals surface area contributed by atoms with Crippen molar-refractivity contribution < 1.29 is 14.2 Å². The highest BCUT2D eigenvalue weighted by Gasteiger charge is 2.05. The Labute approximate surface area is 119 Å². The van der Waals surface area contributed by atoms with Crippen molar-refractivity contribution in [3.05, 3.63) is 64.7 Å². The highest BCUT2D eigenvalue weighted by molar-refractivity contribution is 5.34. The minimum atomic E-state index is 0.578. The summed E-state index contributed by atoms with van der Waals surface area (Å²) in [6, 6.07) is 14.5. The minimum absolute atomic E-state index is 0.578. The average molecular weight is 270 g/mol. The molecule has 3 nitrogen and oxygen atoms in total. The van der Waals surface area contributed by atoms with Gasteiger partial charge in [0.2, 0.25) is 0 Å². The first-order valence-corrected chi connectivity index (χ1v) is 6.73. The number of ether oxygens (including phenoxy) is 3. The van der Waals surface area contributed by atoms with Crippen LogP contribution in [0, 0.1) is 0 Å². The maximum absolute atomic E-state index is 5.79. The van der Waals surface area contributed by atoms with Crippen LogP contribution in [-0.2, 0) is 35.9 Å². The van der Waals surface area contributed by atoms with Gasteiger partial charge in [-0.1, -0.05) is 30.3 Å². The van der Waals surface area contributed by atoms with Gasteiger partial charge in [-0.05, 0) is 34.4 Å². The molecule has 20 heavy (non-hydrogen) atoms. The molecular formula is C17H18O3. The largest absolute Gasteiger partial charge is 0.497 e. The predicted octanol–water partition coefficient (Wildman–Crippen LogP) is 3.44. The summed E-state index contributed by atoms with van der Waals surface area (Å²) in [5, 5.41) is 0. The van der Waals surface area contributed by atoms with E-state index in [0.29, 0.717) is 26.4 Å². The molecule has 0 aromatic heterocycles. The second kappa shape index (κ2) is 6.07. The first-order valence-electron chi connectivity index (χ1n) is 6.73. The molecule has 0 N–H and O–H groups in total. The Morgan fingerprint density at radius 2 is 1.25 bits per heavy atom. The van der Waals surface area contributed by atoms with Gasteiger partial charge in [0.15, 0.2) is 0 Å². The zero-order valence-electron chi connectivity index (χ0n) is 11.6. The fourth-order valence-electron chi connectivity index (χ4n) is 2.40. The van der Waals surface area contributed by atoms with Gasteiger partial charge in [0.05, 0.1) is 33.5 Å². The van der Waals surface area contributed by atoms with E-state index < -0.39 is 0 Å². The number of rotatable bonds is 1. The van der Waals surface area contributed by atoms with Crippen molar-refractivity contribution in [2.45, 2.75) is 26.4 Å². The maximum atomic E-state index is 5.79. The molecule has 1 heterocycles. The smallest absolute Gasteiger partial charge is 0.119 e. The molecule has 0 saturated heterocycles. The van der Waals surface area contributed by atoms with E-state index in [-0.39, 0.29) is 0 Å². The topological polar surface area (TPSA) is 27.7 Å². The first-order chi connectivity index (χ1) is 9.83. The van der Waals surface area contributed by atoms with E-state index in [1.54, 1.807) is 7.11 Å². The molecule has 0 spiro atoms. The van der Waals surface area contributed by atoms with E-state index in [9.17, 15) is 0 Å². The van der Waals surface area contributed by atoms with Crippen molar-refractivity contribution in [1.29, 1.82) is 0 Å². The molecule has 0 aliphatic carbocycles. The molecule has 104 valence electrons. The number of hydrogen-bond donors (Lipinski definition) is 0. The van der Waals surface area contributed by atoms with Gasteiger partial charge in [-0.15, -0.1) is 0 Å². The Morgan fingerprint density at radius 1 is 0.750 bits per heavy atom. The molecule has 0 atom stereocenters. The Morgan fingerprint density at radius 3 is 1.80 bits per heavy atom. The summed E-state index contributed by atoms with van der Waals surface area (Å²) in [6.07, 6.45) is 0. The second-order valence-corrected chi connectivity index (χ2v) is 4.99. The molecule has 2 aromatic carbocycles. The van der Waals surface area contributed by atoms with Crippen LogP contribution in [0.3, 0.4) is 0 Å². The van der Waals surface area contributed by atoms with Crippen LogP contribution in [0.1, 0.15) is 22.3 Å². The molecule has 0 amide bonds. The zero-order valence-corrected chi connectivity index (χ0v) is 11.6. The maximum Gasteiger partial charge on any atom is 0.119 e. The van der Waals surface area contributed by atoms with Crippen LogP contribution in [-0.4, -0.2) is 7.11 Å². The highest BCUT2D eigenvalue weighted by Crippen LogP contribution is 2.20. The van der Waals surface area contributed by atoms with Gasteiger partial charge in [0.1, 0.15) is 5.75 Å². The lowest BCUT2D eigenvalue weighted by Crippen LogP contribution is -2.01. The van der Waals surface area contributed by atoms with Crippen molar-refractivity contribution >= 4 is 0 Å². The lowest BCUT2D eigenvalue weighted by Gasteiger charge is -2.13. The van der Waals surface area contributed by atoms with Gasteiger partial charge in [-0.2, -0.15) is 0 Å². The third-order valence-corrected chi connectivity index (χ3v) is 3.33. The first kappa shape index (κ1) is 13.2. The summed E-state index contributed by atoms with van der Waals surface area (Å²) in [7, 11) is 1.68. The van der Waals surface area contributed by atoms with E-state index >= 15 is 0 Å². The lowest BCUT2D eigenvalue weighted by atomic mass is 10.1. The molecule has 0 fully saturated rings. The monoisotopic (exact) mass is 270 g/mol. The molecule has 1 aliphatic heterocycles. The van der Waals surface area contributed by atoms with E-state index in [2.05, 4.69) is 24.3 Å². The van der Waals surface area contributed by atoms with Crippen LogP contribution in [0.15, 0.2) is 42.5 Å². The molecule has 0 saturated carbocycles. The summed E-state index contributed by atoms with van der Waals surface area (Å²) < 4.78 is 16.9. The summed E-state index contributed by atoms with van der Waals surface area (Å²) in [5.41, 5.74) is 4.57. The Hall–Kier alpha value is -1.84. The quantitative estimate of drug-likeness (QED) is 0.794. The summed E-state index contributed by atoms with van der Waals surface area (Å²) in [4.78, 5) is 0. The Bertz CT molecular complexity index is 549. The molecular weight excluding hydrogens is 252 g/mol. The van der Waals surface area contributed by atoms with Gasteiger partial charge >= 0.3 is 0 Å². The van der Waals surface area contributed by atoms with E-state index in [1.165, 1.54) is 11.1 Å². The van der Waals surface area contributed by atoms with Gasteiger partial charge in [0, 0.05) is 0 Å². The summed E-state index contributed by atoms with van der Waals surface area (Å²) >= 11 is 0. The number of benzene rings is 2. The lowest BCUT2D eigenvalue weighted by molar-refractivity contribution is 0.0990. The van der Waals surface area contributed by atoms with Gasteiger partial charge in [-0.25, -0.2) is 0 Å². The minimum Gasteiger partial charge on any atom is -0.497 e. The molecule has 3 heteroatoms. The van der Waals surface area contributed by atoms with Crippen molar-refractivity contribution in [3.8, 4) is 5.75 Å². The number of hydrogen-bond acceptors (Lipinski definition) is 3. The number of methoxy groups -OCH3 is 1. The van der Waals surface area contributed by atoms with Crippen LogP contribution in [0.5, 0.6) is 5.75 Å².